The molecule has 3 rings (SSSR count). The van der Waals surface area contributed by atoms with Crippen LogP contribution in [-0.2, 0) is 0 Å². The molecule has 0 aliphatic rings. The van der Waals surface area contributed by atoms with Crippen molar-refractivity contribution in [2.45, 2.75) is 6.92 Å². The summed E-state index contributed by atoms with van der Waals surface area (Å²) in [5, 5.41) is 5.03. The van der Waals surface area contributed by atoms with Crippen LogP contribution in [0.2, 0.25) is 0 Å². The fraction of sp³-hybridized carbons (Fsp3) is 0.158. The molecule has 0 radical (unpaired) electrons. The van der Waals surface area contributed by atoms with E-state index >= 15 is 0 Å². The largest absolute Gasteiger partial charge is 0.493 e. The van der Waals surface area contributed by atoms with Gasteiger partial charge in [-0.05, 0) is 49.4 Å². The van der Waals surface area contributed by atoms with E-state index in [1.54, 1.807) is 30.3 Å². The Morgan fingerprint density at radius 3 is 2.65 bits per heavy atom. The molecule has 0 unspecified atom stereocenters. The van der Waals surface area contributed by atoms with Crippen molar-refractivity contribution in [1.29, 1.82) is 0 Å². The lowest BCUT2D eigenvalue weighted by Crippen LogP contribution is -2.12. The number of nitrogens with zero attached hydrogens (tertiary/aromatic N) is 1. The van der Waals surface area contributed by atoms with Crippen molar-refractivity contribution in [2.75, 3.05) is 19.0 Å². The van der Waals surface area contributed by atoms with Gasteiger partial charge in [0.05, 0.1) is 19.4 Å². The van der Waals surface area contributed by atoms with E-state index in [1.807, 2.05) is 12.3 Å². The van der Waals surface area contributed by atoms with Gasteiger partial charge in [-0.25, -0.2) is 9.37 Å². The third-order valence-corrected chi connectivity index (χ3v) is 4.35. The summed E-state index contributed by atoms with van der Waals surface area (Å²) in [6, 6.07) is 11.0. The van der Waals surface area contributed by atoms with Crippen molar-refractivity contribution in [2.24, 2.45) is 0 Å². The highest BCUT2D eigenvalue weighted by Crippen LogP contribution is 2.29. The highest BCUT2D eigenvalue weighted by molar-refractivity contribution is 7.14. The third-order valence-electron chi connectivity index (χ3n) is 3.59. The van der Waals surface area contributed by atoms with Gasteiger partial charge >= 0.3 is 0 Å². The molecule has 3 aromatic rings. The normalized spacial score (nSPS) is 10.4. The molecular formula is C19H17FN2O3S. The summed E-state index contributed by atoms with van der Waals surface area (Å²) < 4.78 is 23.7. The predicted molar refractivity (Wildman–Crippen MR) is 99.6 cm³/mol. The quantitative estimate of drug-likeness (QED) is 0.686. The lowest BCUT2D eigenvalue weighted by atomic mass is 10.2. The van der Waals surface area contributed by atoms with Crippen molar-refractivity contribution in [3.63, 3.8) is 0 Å². The number of methoxy groups -OCH3 is 1. The van der Waals surface area contributed by atoms with E-state index < -0.39 is 0 Å². The molecule has 0 fully saturated rings. The van der Waals surface area contributed by atoms with Crippen LogP contribution in [-0.4, -0.2) is 24.6 Å². The Labute approximate surface area is 154 Å². The van der Waals surface area contributed by atoms with Gasteiger partial charge in [0.15, 0.2) is 16.6 Å². The lowest BCUT2D eigenvalue weighted by molar-refractivity contribution is 0.102. The molecule has 1 heterocycles. The molecule has 26 heavy (non-hydrogen) atoms. The van der Waals surface area contributed by atoms with Crippen molar-refractivity contribution in [1.82, 2.24) is 4.98 Å². The zero-order chi connectivity index (χ0) is 18.5. The summed E-state index contributed by atoms with van der Waals surface area (Å²) in [4.78, 5) is 16.8. The number of aromatic nitrogens is 1. The van der Waals surface area contributed by atoms with Crippen LogP contribution in [0.15, 0.2) is 47.8 Å². The molecule has 0 atom stereocenters. The number of carbonyl (C=O) groups is 1. The zero-order valence-corrected chi connectivity index (χ0v) is 15.1. The minimum atomic E-state index is -0.304. The summed E-state index contributed by atoms with van der Waals surface area (Å²) in [6.07, 6.45) is 0. The highest BCUT2D eigenvalue weighted by atomic mass is 32.1. The molecule has 1 aromatic heterocycles. The average molecular weight is 372 g/mol. The van der Waals surface area contributed by atoms with E-state index in [9.17, 15) is 9.18 Å². The number of carbonyl (C=O) groups excluding carboxylic acids is 1. The van der Waals surface area contributed by atoms with E-state index in [0.717, 1.165) is 5.56 Å². The number of halogens is 1. The van der Waals surface area contributed by atoms with Crippen LogP contribution >= 0.6 is 11.3 Å². The van der Waals surface area contributed by atoms with E-state index in [1.165, 1.54) is 30.6 Å². The Kier molecular flexibility index (Phi) is 5.48. The smallest absolute Gasteiger partial charge is 0.257 e. The fourth-order valence-corrected chi connectivity index (χ4v) is 3.05. The van der Waals surface area contributed by atoms with Crippen LogP contribution in [0.5, 0.6) is 11.5 Å². The van der Waals surface area contributed by atoms with Gasteiger partial charge in [-0.1, -0.05) is 0 Å². The number of benzene rings is 2. The van der Waals surface area contributed by atoms with E-state index in [2.05, 4.69) is 10.3 Å². The van der Waals surface area contributed by atoms with Crippen LogP contribution < -0.4 is 14.8 Å². The van der Waals surface area contributed by atoms with Crippen LogP contribution in [0.4, 0.5) is 9.52 Å². The van der Waals surface area contributed by atoms with Crippen LogP contribution in [0.25, 0.3) is 11.3 Å². The molecule has 0 spiro atoms. The van der Waals surface area contributed by atoms with Gasteiger partial charge in [-0.15, -0.1) is 11.3 Å². The molecule has 0 aliphatic heterocycles. The summed E-state index contributed by atoms with van der Waals surface area (Å²) in [6.45, 7) is 2.38. The first kappa shape index (κ1) is 17.9. The Bertz CT molecular complexity index is 909. The molecular weight excluding hydrogens is 355 g/mol. The summed E-state index contributed by atoms with van der Waals surface area (Å²) in [7, 11) is 1.52. The van der Waals surface area contributed by atoms with Crippen molar-refractivity contribution >= 4 is 22.4 Å². The molecule has 0 saturated heterocycles. The second-order valence-corrected chi connectivity index (χ2v) is 6.16. The molecule has 0 aliphatic carbocycles. The molecule has 2 aromatic carbocycles. The maximum Gasteiger partial charge on any atom is 0.257 e. The number of hydrogen-bond acceptors (Lipinski definition) is 5. The van der Waals surface area contributed by atoms with Crippen molar-refractivity contribution < 1.29 is 18.7 Å². The molecule has 0 bridgehead atoms. The molecule has 1 amide bonds. The van der Waals surface area contributed by atoms with Crippen LogP contribution in [0.1, 0.15) is 17.3 Å². The first-order valence-corrected chi connectivity index (χ1v) is 8.82. The van der Waals surface area contributed by atoms with Gasteiger partial charge in [0.2, 0.25) is 0 Å². The second-order valence-electron chi connectivity index (χ2n) is 5.30. The summed E-state index contributed by atoms with van der Waals surface area (Å²) in [5.41, 5.74) is 1.89. The topological polar surface area (TPSA) is 60.5 Å². The number of hydrogen-bond donors (Lipinski definition) is 1. The number of rotatable bonds is 6. The van der Waals surface area contributed by atoms with E-state index in [4.69, 9.17) is 9.47 Å². The molecule has 1 N–H and O–H groups in total. The average Bonchev–Trinajstić information content (AvgIpc) is 3.11. The Morgan fingerprint density at radius 2 is 1.96 bits per heavy atom. The zero-order valence-electron chi connectivity index (χ0n) is 14.3. The van der Waals surface area contributed by atoms with Crippen LogP contribution in [0.3, 0.4) is 0 Å². The SMILES string of the molecule is CCOc1ccc(C(=O)Nc2nc(-c3ccc(F)cc3)cs2)cc1OC. The van der Waals surface area contributed by atoms with Gasteiger partial charge in [-0.3, -0.25) is 10.1 Å². The number of ether oxygens (including phenoxy) is 2. The van der Waals surface area contributed by atoms with Crippen molar-refractivity contribution in [3.05, 3.63) is 59.2 Å². The highest BCUT2D eigenvalue weighted by Gasteiger charge is 2.13. The molecule has 7 heteroatoms. The number of thiazole rings is 1. The maximum atomic E-state index is 13.0. The van der Waals surface area contributed by atoms with Crippen molar-refractivity contribution in [3.8, 4) is 22.8 Å². The minimum absolute atomic E-state index is 0.300. The number of amides is 1. The molecule has 5 nitrogen and oxygen atoms in total. The first-order chi connectivity index (χ1) is 12.6. The third kappa shape index (κ3) is 4.00. The minimum Gasteiger partial charge on any atom is -0.493 e. The van der Waals surface area contributed by atoms with Crippen LogP contribution in [0, 0.1) is 5.82 Å². The number of nitrogens with one attached hydrogen (secondary N) is 1. The van der Waals surface area contributed by atoms with Gasteiger partial charge in [-0.2, -0.15) is 0 Å². The van der Waals surface area contributed by atoms with Gasteiger partial charge in [0.1, 0.15) is 5.82 Å². The van der Waals surface area contributed by atoms with E-state index in [-0.39, 0.29) is 11.7 Å². The number of anilines is 1. The summed E-state index contributed by atoms with van der Waals surface area (Å²) >= 11 is 1.30. The standard InChI is InChI=1S/C19H17FN2O3S/c1-3-25-16-9-6-13(10-17(16)24-2)18(23)22-19-21-15(11-26-19)12-4-7-14(20)8-5-12/h4-11H,3H2,1-2H3,(H,21,22,23). The lowest BCUT2D eigenvalue weighted by Gasteiger charge is -2.10. The second kappa shape index (κ2) is 7.97. The van der Waals surface area contributed by atoms with Gasteiger partial charge in [0, 0.05) is 16.5 Å². The molecule has 134 valence electrons. The Hall–Kier alpha value is -2.93. The Morgan fingerprint density at radius 1 is 1.19 bits per heavy atom. The molecule has 0 saturated carbocycles. The predicted octanol–water partition coefficient (Wildman–Crippen LogP) is 4.61. The Balaban J connectivity index is 1.75. The van der Waals surface area contributed by atoms with Gasteiger partial charge < -0.3 is 9.47 Å². The first-order valence-electron chi connectivity index (χ1n) is 7.94. The van der Waals surface area contributed by atoms with E-state index in [0.29, 0.717) is 34.5 Å². The summed E-state index contributed by atoms with van der Waals surface area (Å²) in [5.74, 6) is 0.471. The maximum absolute atomic E-state index is 13.0. The monoisotopic (exact) mass is 372 g/mol. The fourth-order valence-electron chi connectivity index (χ4n) is 2.34. The van der Waals surface area contributed by atoms with Gasteiger partial charge in [0.25, 0.3) is 5.91 Å².